The van der Waals surface area contributed by atoms with E-state index in [4.69, 9.17) is 46.9 Å². The highest BCUT2D eigenvalue weighted by molar-refractivity contribution is 9.09. The van der Waals surface area contributed by atoms with Crippen LogP contribution in [0, 0.1) is 11.3 Å². The second-order valence-corrected chi connectivity index (χ2v) is 28.9. The number of nitriles is 1. The molecule has 3 heterocycles. The van der Waals surface area contributed by atoms with Gasteiger partial charge in [-0.2, -0.15) is 10.2 Å². The number of carbonyl (C=O) groups excluding carboxylic acids is 1. The number of alkyl halides is 1. The summed E-state index contributed by atoms with van der Waals surface area (Å²) in [6, 6.07) is 27.7. The predicted octanol–water partition coefficient (Wildman–Crippen LogP) is 12.1. The van der Waals surface area contributed by atoms with E-state index in [0.29, 0.717) is 18.1 Å². The minimum atomic E-state index is -2.56. The van der Waals surface area contributed by atoms with Gasteiger partial charge in [0.15, 0.2) is 17.4 Å². The van der Waals surface area contributed by atoms with Crippen LogP contribution in [-0.2, 0) is 42.8 Å². The van der Waals surface area contributed by atoms with E-state index in [0.717, 1.165) is 41.3 Å². The molecule has 1 aliphatic heterocycles. The van der Waals surface area contributed by atoms with Crippen LogP contribution >= 0.6 is 24.5 Å². The van der Waals surface area contributed by atoms with Gasteiger partial charge in [0, 0.05) is 30.9 Å². The molecule has 0 radical (unpaired) electrons. The Bertz CT molecular complexity index is 2690. The lowest BCUT2D eigenvalue weighted by atomic mass is 9.79. The molecule has 432 valence electrons. The number of hydrogen-bond donors (Lipinski definition) is 2. The lowest BCUT2D eigenvalue weighted by molar-refractivity contribution is -0.162. The van der Waals surface area contributed by atoms with E-state index < -0.39 is 64.6 Å². The smallest absolute Gasteiger partial charge is 0.280 e. The van der Waals surface area contributed by atoms with Crippen LogP contribution in [0.1, 0.15) is 125 Å². The minimum absolute atomic E-state index is 0.00839. The number of carbonyl (C=O) groups is 1. The third kappa shape index (κ3) is 15.1. The van der Waals surface area contributed by atoms with Gasteiger partial charge < -0.3 is 41.9 Å². The molecule has 1 saturated heterocycles. The number of aromatic amines is 1. The van der Waals surface area contributed by atoms with Crippen LogP contribution in [-0.4, -0.2) is 121 Å². The summed E-state index contributed by atoms with van der Waals surface area (Å²) in [7, 11) is -1.28. The van der Waals surface area contributed by atoms with Gasteiger partial charge in [-0.05, 0) is 98.1 Å². The van der Waals surface area contributed by atoms with E-state index in [9.17, 15) is 14.9 Å². The van der Waals surface area contributed by atoms with Crippen molar-refractivity contribution in [3.8, 4) is 17.6 Å². The molecule has 18 nitrogen and oxygen atoms in total. The molecule has 5 aromatic rings. The fourth-order valence-electron chi connectivity index (χ4n) is 11.1. The number of nitrogens with zero attached hydrogens (tertiary/aromatic N) is 5. The number of aromatic nitrogens is 4. The van der Waals surface area contributed by atoms with Crippen molar-refractivity contribution >= 4 is 55.8 Å². The van der Waals surface area contributed by atoms with Gasteiger partial charge in [-0.1, -0.05) is 118 Å². The molecule has 1 unspecified atom stereocenters. The first kappa shape index (κ1) is 63.6. The largest absolute Gasteiger partial charge is 0.497 e. The highest BCUT2D eigenvalue weighted by atomic mass is 79.9. The Balaban J connectivity index is 1.67. The second-order valence-electron chi connectivity index (χ2n) is 21.2. The quantitative estimate of drug-likeness (QED) is 0.0103. The lowest BCUT2D eigenvalue weighted by Gasteiger charge is -2.43. The number of methoxy groups -OCH3 is 2. The van der Waals surface area contributed by atoms with Gasteiger partial charge in [-0.25, -0.2) is 9.65 Å². The molecule has 0 aliphatic carbocycles. The van der Waals surface area contributed by atoms with Crippen LogP contribution in [0.3, 0.4) is 0 Å². The van der Waals surface area contributed by atoms with E-state index in [1.807, 2.05) is 78.9 Å². The zero-order valence-electron chi connectivity index (χ0n) is 48.3. The molecule has 2 aromatic heterocycles. The molecule has 1 amide bonds. The molecule has 79 heavy (non-hydrogen) atoms. The Morgan fingerprint density at radius 2 is 1.46 bits per heavy atom. The number of nitrogens with one attached hydrogen (secondary N) is 2. The summed E-state index contributed by atoms with van der Waals surface area (Å²) in [5, 5.41) is 13.3. The summed E-state index contributed by atoms with van der Waals surface area (Å²) in [6.07, 6.45) is -0.955. The zero-order chi connectivity index (χ0) is 57.4. The molecule has 1 aliphatic rings. The van der Waals surface area contributed by atoms with E-state index in [-0.39, 0.29) is 72.2 Å². The van der Waals surface area contributed by atoms with Crippen LogP contribution in [0.15, 0.2) is 90.0 Å². The van der Waals surface area contributed by atoms with Crippen LogP contribution < -0.4 is 20.3 Å². The van der Waals surface area contributed by atoms with E-state index in [1.54, 1.807) is 18.8 Å². The Hall–Kier alpha value is -4.62. The molecular formula is C58H83BrN7O11PSi. The zero-order valence-corrected chi connectivity index (χ0v) is 51.8. The predicted molar refractivity (Wildman–Crippen MR) is 314 cm³/mol. The van der Waals surface area contributed by atoms with Gasteiger partial charge in [0.25, 0.3) is 14.1 Å². The Morgan fingerprint density at radius 1 is 0.861 bits per heavy atom. The average molecular weight is 1190 g/mol. The van der Waals surface area contributed by atoms with Crippen molar-refractivity contribution in [3.63, 3.8) is 0 Å². The first-order chi connectivity index (χ1) is 37.9. The number of hydrogen-bond acceptors (Lipinski definition) is 15. The Morgan fingerprint density at radius 3 is 1.99 bits per heavy atom. The van der Waals surface area contributed by atoms with Crippen molar-refractivity contribution in [3.05, 3.63) is 112 Å². The number of halogens is 1. The highest BCUT2D eigenvalue weighted by Crippen LogP contribution is 2.53. The monoisotopic (exact) mass is 1190 g/mol. The number of anilines is 1. The molecular weight excluding hydrogens is 1110 g/mol. The first-order valence-electron chi connectivity index (χ1n) is 27.4. The van der Waals surface area contributed by atoms with Gasteiger partial charge in [-0.3, -0.25) is 24.5 Å². The van der Waals surface area contributed by atoms with Crippen molar-refractivity contribution in [2.24, 2.45) is 0 Å². The van der Waals surface area contributed by atoms with Gasteiger partial charge >= 0.3 is 0 Å². The van der Waals surface area contributed by atoms with Crippen molar-refractivity contribution < 1.29 is 46.7 Å². The fourth-order valence-corrected chi connectivity index (χ4v) is 18.5. The maximum atomic E-state index is 13.8. The Labute approximate surface area is 477 Å². The van der Waals surface area contributed by atoms with Gasteiger partial charge in [0.05, 0.1) is 46.3 Å². The molecule has 3 aromatic carbocycles. The number of rotatable bonds is 32. The summed E-state index contributed by atoms with van der Waals surface area (Å²) >= 11 is 3.59. The molecule has 0 bridgehead atoms. The number of ether oxygens (including phenoxy) is 6. The van der Waals surface area contributed by atoms with Gasteiger partial charge in [0.2, 0.25) is 20.2 Å². The molecule has 1 fully saturated rings. The van der Waals surface area contributed by atoms with Crippen molar-refractivity contribution in [2.75, 3.05) is 51.5 Å². The van der Waals surface area contributed by atoms with Gasteiger partial charge in [-0.15, -0.1) is 0 Å². The number of fused-ring (bicyclic) bond motifs is 1. The van der Waals surface area contributed by atoms with Crippen molar-refractivity contribution in [1.82, 2.24) is 24.2 Å². The molecule has 6 rings (SSSR count). The molecule has 0 spiro atoms. The highest BCUT2D eigenvalue weighted by Gasteiger charge is 2.56. The summed E-state index contributed by atoms with van der Waals surface area (Å²) < 4.78 is 66.3. The number of unbranched alkanes of at least 4 members (excludes halogenated alkanes) is 2. The number of H-pyrrole nitrogens is 1. The normalized spacial score (nSPS) is 17.9. The van der Waals surface area contributed by atoms with E-state index >= 15 is 0 Å². The lowest BCUT2D eigenvalue weighted by Crippen LogP contribution is -2.50. The number of imidazole rings is 1. The summed E-state index contributed by atoms with van der Waals surface area (Å²) in [6.45, 7) is 23.3. The first-order valence-corrected chi connectivity index (χ1v) is 31.8. The van der Waals surface area contributed by atoms with Crippen LogP contribution in [0.2, 0.25) is 16.6 Å². The SMILES string of the molecule is COc1ccc(C(O[C@H](COCCCCCBr)[C@H]2O[C@@H](n3cnc4c(=O)[nH]c(NC(C)=O)nc43)[C@H](OCO[Si](C(C)C)(C(C)C)C(C)C)[C@@H]2OP(OCCC#N)N(C(C)C)C(C)C)(c2ccccc2)c2ccc(OC)cc2)cc1. The van der Waals surface area contributed by atoms with E-state index in [2.05, 4.69) is 111 Å². The van der Waals surface area contributed by atoms with Crippen LogP contribution in [0.4, 0.5) is 5.95 Å². The molecule has 6 atom stereocenters. The topological polar surface area (TPSA) is 203 Å². The number of amides is 1. The summed E-state index contributed by atoms with van der Waals surface area (Å²) in [5.74, 6) is 0.814. The summed E-state index contributed by atoms with van der Waals surface area (Å²) in [4.78, 5) is 38.2. The van der Waals surface area contributed by atoms with E-state index in [1.165, 1.54) is 13.3 Å². The van der Waals surface area contributed by atoms with Gasteiger partial charge in [0.1, 0.15) is 48.3 Å². The molecule has 0 saturated carbocycles. The standard InChI is InChI=1S/C58H83BrN7O11PSi/c1-38(2)66(39(3)4)78(73-34-20-32-60)77-52-51(75-56(53(52)72-37-74-79(40(5)6,41(7)8)42(9)10)65-36-61-50-54(65)63-57(62-43(11)67)64-55(50)68)49(35-71-33-19-15-18-31-59)76-58(44-21-16-14-17-22-44,45-23-27-47(69-12)28-24-45)46-25-29-48(70-13)30-26-46/h14,16-17,21-30,36,38-42,49,51-53,56H,15,18-20,31,33-35,37H2,1-13H3,(H2,62,63,64,67,68)/t49-,51-,52-,53-,56-,78?/m1/s1. The maximum Gasteiger partial charge on any atom is 0.280 e. The fraction of sp³-hybridized carbons (Fsp3) is 0.569. The van der Waals surface area contributed by atoms with Crippen LogP contribution in [0.5, 0.6) is 11.5 Å². The van der Waals surface area contributed by atoms with Crippen molar-refractivity contribution in [1.29, 1.82) is 5.26 Å². The average Bonchev–Trinajstić information content (AvgIpc) is 4.22. The summed E-state index contributed by atoms with van der Waals surface area (Å²) in [5.41, 5.74) is 1.23. The third-order valence-corrected chi connectivity index (χ3v) is 23.2. The third-order valence-electron chi connectivity index (χ3n) is 14.4. The minimum Gasteiger partial charge on any atom is -0.497 e. The molecule has 2 N–H and O–H groups in total. The number of benzene rings is 3. The second kappa shape index (κ2) is 29.9. The van der Waals surface area contributed by atoms with Crippen LogP contribution in [0.25, 0.3) is 11.2 Å². The van der Waals surface area contributed by atoms with Crippen molar-refractivity contribution in [2.45, 2.75) is 167 Å². The maximum absolute atomic E-state index is 13.8. The Kier molecular flexibility index (Phi) is 24.1. The molecule has 21 heteroatoms.